The van der Waals surface area contributed by atoms with Crippen LogP contribution in [0.15, 0.2) is 20.4 Å². The van der Waals surface area contributed by atoms with Crippen LogP contribution in [0.5, 0.6) is 0 Å². The van der Waals surface area contributed by atoms with Crippen molar-refractivity contribution in [1.29, 1.82) is 0 Å². The van der Waals surface area contributed by atoms with Gasteiger partial charge in [0.1, 0.15) is 0 Å². The third kappa shape index (κ3) is 7.87. The minimum Gasteiger partial charge on any atom is -0.364 e. The van der Waals surface area contributed by atoms with E-state index in [9.17, 15) is 20.2 Å². The van der Waals surface area contributed by atoms with E-state index in [1.807, 2.05) is 0 Å². The Balaban J connectivity index is 4.80. The van der Waals surface area contributed by atoms with Crippen molar-refractivity contribution in [2.75, 3.05) is 0 Å². The van der Waals surface area contributed by atoms with Gasteiger partial charge in [-0.05, 0) is 13.8 Å². The van der Waals surface area contributed by atoms with Crippen molar-refractivity contribution in [3.8, 4) is 0 Å². The van der Waals surface area contributed by atoms with Crippen LogP contribution in [0.1, 0.15) is 13.8 Å². The van der Waals surface area contributed by atoms with E-state index in [1.54, 1.807) is 10.9 Å². The van der Waals surface area contributed by atoms with Crippen LogP contribution in [0.25, 0.3) is 0 Å². The number of hydrazine groups is 2. The number of nitrogens with zero attached hydrogens (tertiary/aromatic N) is 6. The van der Waals surface area contributed by atoms with Crippen LogP contribution in [0, 0.1) is 20.2 Å². The highest BCUT2D eigenvalue weighted by Crippen LogP contribution is 1.87. The lowest BCUT2D eigenvalue weighted by molar-refractivity contribution is -0.525. The van der Waals surface area contributed by atoms with E-state index in [1.165, 1.54) is 13.8 Å². The molecule has 0 rings (SSSR count). The Morgan fingerprint density at radius 3 is 1.40 bits per heavy atom. The summed E-state index contributed by atoms with van der Waals surface area (Å²) >= 11 is 0. The van der Waals surface area contributed by atoms with Crippen LogP contribution in [-0.2, 0) is 0 Å². The van der Waals surface area contributed by atoms with E-state index in [0.717, 1.165) is 0 Å². The molecule has 0 fully saturated rings. The van der Waals surface area contributed by atoms with Crippen molar-refractivity contribution < 1.29 is 10.1 Å². The third-order valence-corrected chi connectivity index (χ3v) is 1.55. The van der Waals surface area contributed by atoms with Gasteiger partial charge in [-0.25, -0.2) is 20.2 Å². The summed E-state index contributed by atoms with van der Waals surface area (Å²) in [6, 6.07) is 0. The Bertz CT molecular complexity index is 460. The Hall–Kier alpha value is -3.32. The van der Waals surface area contributed by atoms with E-state index in [-0.39, 0.29) is 11.4 Å². The predicted octanol–water partition coefficient (Wildman–Crippen LogP) is -2.07. The van der Waals surface area contributed by atoms with Crippen molar-refractivity contribution in [1.82, 2.24) is 10.9 Å². The Morgan fingerprint density at radius 2 is 1.15 bits per heavy atom. The van der Waals surface area contributed by atoms with Crippen LogP contribution in [-0.4, -0.2) is 33.4 Å². The average molecular weight is 288 g/mol. The van der Waals surface area contributed by atoms with E-state index in [4.69, 9.17) is 11.5 Å². The molecule has 14 nitrogen and oxygen atoms in total. The molecule has 6 N–H and O–H groups in total. The van der Waals surface area contributed by atoms with E-state index in [0.29, 0.717) is 0 Å². The van der Waals surface area contributed by atoms with Crippen molar-refractivity contribution in [3.63, 3.8) is 0 Å². The highest BCUT2D eigenvalue weighted by Gasteiger charge is 2.01. The van der Waals surface area contributed by atoms with Gasteiger partial charge in [0, 0.05) is 0 Å². The summed E-state index contributed by atoms with van der Waals surface area (Å²) in [4.78, 5) is 20.0. The second kappa shape index (κ2) is 7.90. The molecular weight excluding hydrogens is 276 g/mol. The van der Waals surface area contributed by atoms with Crippen molar-refractivity contribution in [2.45, 2.75) is 13.8 Å². The van der Waals surface area contributed by atoms with Crippen molar-refractivity contribution in [3.05, 3.63) is 20.2 Å². The molecule has 0 aliphatic carbocycles. The summed E-state index contributed by atoms with van der Waals surface area (Å²) < 4.78 is 0. The molecule has 0 atom stereocenters. The first-order valence-corrected chi connectivity index (χ1v) is 4.80. The van der Waals surface area contributed by atoms with Crippen LogP contribution >= 0.6 is 0 Å². The Labute approximate surface area is 111 Å². The molecule has 0 aromatic rings. The van der Waals surface area contributed by atoms with Gasteiger partial charge < -0.3 is 11.5 Å². The van der Waals surface area contributed by atoms with Gasteiger partial charge in [0.05, 0.1) is 11.4 Å². The van der Waals surface area contributed by atoms with Gasteiger partial charge in [-0.1, -0.05) is 10.9 Å². The van der Waals surface area contributed by atoms with Gasteiger partial charge in [0.2, 0.25) is 0 Å². The van der Waals surface area contributed by atoms with Gasteiger partial charge in [-0.3, -0.25) is 0 Å². The van der Waals surface area contributed by atoms with Gasteiger partial charge in [-0.2, -0.15) is 10.2 Å². The lowest BCUT2D eigenvalue weighted by Crippen LogP contribution is -2.36. The lowest BCUT2D eigenvalue weighted by atomic mass is 10.3. The summed E-state index contributed by atoms with van der Waals surface area (Å²) in [6.45, 7) is 2.93. The van der Waals surface area contributed by atoms with Gasteiger partial charge >= 0.3 is 0 Å². The summed E-state index contributed by atoms with van der Waals surface area (Å²) in [7, 11) is 0. The lowest BCUT2D eigenvalue weighted by Gasteiger charge is -1.96. The first-order valence-electron chi connectivity index (χ1n) is 4.80. The molecule has 0 spiro atoms. The molecule has 0 bridgehead atoms. The Morgan fingerprint density at radius 1 is 0.850 bits per heavy atom. The first-order chi connectivity index (χ1) is 9.22. The monoisotopic (exact) mass is 288 g/mol. The minimum absolute atomic E-state index is 0.218. The molecule has 0 unspecified atom stereocenters. The van der Waals surface area contributed by atoms with E-state index >= 15 is 0 Å². The zero-order chi connectivity index (χ0) is 15.7. The summed E-state index contributed by atoms with van der Waals surface area (Å²) in [5.74, 6) is -1.06. The topological polar surface area (TPSA) is 212 Å². The maximum Gasteiger partial charge on any atom is 0.275 e. The van der Waals surface area contributed by atoms with Gasteiger partial charge in [0.25, 0.3) is 11.9 Å². The van der Waals surface area contributed by atoms with Crippen LogP contribution in [0.4, 0.5) is 0 Å². The number of hydrogen-bond acceptors (Lipinski definition) is 8. The molecular formula is C6H12N10O4. The van der Waals surface area contributed by atoms with Crippen LogP contribution < -0.4 is 22.3 Å². The van der Waals surface area contributed by atoms with Crippen molar-refractivity contribution >= 4 is 23.3 Å². The Kier molecular flexibility index (Phi) is 6.59. The van der Waals surface area contributed by atoms with Gasteiger partial charge in [0.15, 0.2) is 10.1 Å². The van der Waals surface area contributed by atoms with Crippen LogP contribution in [0.2, 0.25) is 0 Å². The molecule has 0 heterocycles. The highest BCUT2D eigenvalue weighted by molar-refractivity contribution is 6.40. The largest absolute Gasteiger partial charge is 0.364 e. The highest BCUT2D eigenvalue weighted by atomic mass is 16.7. The summed E-state index contributed by atoms with van der Waals surface area (Å²) in [6.07, 6.45) is 0. The number of guanidine groups is 2. The average Bonchev–Trinajstić information content (AvgIpc) is 2.31. The molecule has 0 aliphatic heterocycles. The smallest absolute Gasteiger partial charge is 0.275 e. The quantitative estimate of drug-likeness (QED) is 0.190. The first kappa shape index (κ1) is 16.7. The second-order valence-corrected chi connectivity index (χ2v) is 3.08. The molecule has 0 amide bonds. The molecule has 0 radical (unpaired) electrons. The number of rotatable bonds is 5. The van der Waals surface area contributed by atoms with E-state index < -0.39 is 22.0 Å². The molecule has 0 saturated heterocycles. The molecule has 0 saturated carbocycles. The van der Waals surface area contributed by atoms with E-state index in [2.05, 4.69) is 20.4 Å². The minimum atomic E-state index is -0.904. The number of nitrogens with two attached hydrogens (primary N) is 2. The SMILES string of the molecule is CC(=N\N=C(/N)N[N+](=O)[O-])/C(C)=N/N=C(\N)N[N+](=O)[O-]. The molecule has 20 heavy (non-hydrogen) atoms. The summed E-state index contributed by atoms with van der Waals surface area (Å²) in [5.41, 5.74) is 13.8. The fraction of sp³-hybridized carbons (Fsp3) is 0.333. The molecule has 0 aromatic carbocycles. The fourth-order valence-electron chi connectivity index (χ4n) is 0.634. The fourth-order valence-corrected chi connectivity index (χ4v) is 0.634. The zero-order valence-corrected chi connectivity index (χ0v) is 10.5. The van der Waals surface area contributed by atoms with Gasteiger partial charge in [-0.15, -0.1) is 10.2 Å². The maximum atomic E-state index is 10.0. The molecule has 14 heteroatoms. The normalized spacial score (nSPS) is 13.9. The maximum absolute atomic E-state index is 10.0. The molecule has 0 aromatic heterocycles. The molecule has 110 valence electrons. The number of hydrogen-bond donors (Lipinski definition) is 4. The standard InChI is InChI=1S/C6H12N10O4/c1-3(9-11-5(7)13-15(17)18)4(2)10-12-6(8)14-16(19)20/h1-2H3,(H3,7,11,13)(H3,8,12,14)/b9-3+,10-4+. The molecule has 0 aliphatic rings. The second-order valence-electron chi connectivity index (χ2n) is 3.08. The predicted molar refractivity (Wildman–Crippen MR) is 69.7 cm³/mol. The number of nitro groups is 2. The summed E-state index contributed by atoms with van der Waals surface area (Å²) in [5, 5.41) is 31.9. The number of nitrogens with one attached hydrogen (secondary N) is 2. The van der Waals surface area contributed by atoms with Crippen molar-refractivity contribution in [2.24, 2.45) is 31.9 Å². The zero-order valence-electron chi connectivity index (χ0n) is 10.5. The third-order valence-electron chi connectivity index (χ3n) is 1.55. The van der Waals surface area contributed by atoms with Crippen LogP contribution in [0.3, 0.4) is 0 Å².